The molecule has 0 aliphatic rings. The van der Waals surface area contributed by atoms with Crippen LogP contribution in [0, 0.1) is 10.8 Å². The second-order valence-corrected chi connectivity index (χ2v) is 4.92. The van der Waals surface area contributed by atoms with Crippen LogP contribution < -0.4 is 11.5 Å². The molecular formula is C16H16Cl2N6O. The average Bonchev–Trinajstić information content (AvgIpc) is 3.05. The lowest BCUT2D eigenvalue weighted by Crippen LogP contribution is -2.11. The number of pyridine rings is 1. The second kappa shape index (κ2) is 8.27. The van der Waals surface area contributed by atoms with Crippen LogP contribution in [0.25, 0.3) is 22.7 Å². The van der Waals surface area contributed by atoms with E-state index in [4.69, 9.17) is 26.8 Å². The van der Waals surface area contributed by atoms with Crippen LogP contribution in [0.1, 0.15) is 11.1 Å². The first-order valence-corrected chi connectivity index (χ1v) is 6.77. The molecule has 6 N–H and O–H groups in total. The zero-order chi connectivity index (χ0) is 16.4. The smallest absolute Gasteiger partial charge is 0.185 e. The largest absolute Gasteiger partial charge is 0.384 e. The van der Waals surface area contributed by atoms with Gasteiger partial charge in [0.1, 0.15) is 23.1 Å². The number of nitrogens with zero attached hydrogens (tertiary/aromatic N) is 2. The molecule has 9 heteroatoms. The van der Waals surface area contributed by atoms with E-state index in [-0.39, 0.29) is 36.5 Å². The van der Waals surface area contributed by atoms with E-state index >= 15 is 0 Å². The predicted octanol–water partition coefficient (Wildman–Crippen LogP) is 2.82. The molecule has 2 heterocycles. The molecule has 25 heavy (non-hydrogen) atoms. The Balaban J connectivity index is 0.00000156. The molecule has 0 aliphatic carbocycles. The molecule has 0 saturated heterocycles. The summed E-state index contributed by atoms with van der Waals surface area (Å²) in [5.41, 5.74) is 14.1. The Morgan fingerprint density at radius 3 is 2.20 bits per heavy atom. The lowest BCUT2D eigenvalue weighted by molar-refractivity contribution is 0.433. The van der Waals surface area contributed by atoms with E-state index in [9.17, 15) is 0 Å². The molecule has 3 aromatic rings. The number of benzene rings is 1. The summed E-state index contributed by atoms with van der Waals surface area (Å²) in [6.45, 7) is 0. The van der Waals surface area contributed by atoms with Crippen molar-refractivity contribution in [3.05, 3.63) is 59.8 Å². The number of aromatic nitrogens is 2. The van der Waals surface area contributed by atoms with Crippen LogP contribution in [-0.4, -0.2) is 21.8 Å². The maximum absolute atomic E-state index is 7.49. The fourth-order valence-electron chi connectivity index (χ4n) is 2.08. The highest BCUT2D eigenvalue weighted by Gasteiger charge is 2.11. The van der Waals surface area contributed by atoms with Gasteiger partial charge in [-0.25, -0.2) is 0 Å². The number of nitrogen functional groups attached to an aromatic ring is 2. The van der Waals surface area contributed by atoms with Crippen molar-refractivity contribution in [2.45, 2.75) is 0 Å². The standard InChI is InChI=1S/C16H14N6O.2ClH/c17-15(18)10-3-1-2-9(6-10)13-7-14(23-22-13)12-5-4-11(8-21-12)16(19)20;;/h1-8H,(H3,17,18)(H3,19,20);2*1H. The maximum atomic E-state index is 7.49. The number of hydrogen-bond acceptors (Lipinski definition) is 5. The van der Waals surface area contributed by atoms with Crippen LogP contribution in [0.2, 0.25) is 0 Å². The lowest BCUT2D eigenvalue weighted by atomic mass is 10.1. The van der Waals surface area contributed by atoms with Gasteiger partial charge in [0.25, 0.3) is 0 Å². The highest BCUT2D eigenvalue weighted by molar-refractivity contribution is 5.96. The summed E-state index contributed by atoms with van der Waals surface area (Å²) in [5, 5.41) is 18.9. The third-order valence-electron chi connectivity index (χ3n) is 3.31. The SMILES string of the molecule is Cl.Cl.N=C(N)c1ccc(-c2cc(-c3cccc(C(=N)N)c3)no2)nc1. The van der Waals surface area contributed by atoms with Gasteiger partial charge in [-0.2, -0.15) is 0 Å². The minimum Gasteiger partial charge on any atom is -0.384 e. The van der Waals surface area contributed by atoms with Crippen LogP contribution in [-0.2, 0) is 0 Å². The highest BCUT2D eigenvalue weighted by atomic mass is 35.5. The molecular weight excluding hydrogens is 363 g/mol. The van der Waals surface area contributed by atoms with Crippen LogP contribution >= 0.6 is 24.8 Å². The van der Waals surface area contributed by atoms with E-state index in [1.54, 1.807) is 36.4 Å². The van der Waals surface area contributed by atoms with E-state index < -0.39 is 0 Å². The minimum absolute atomic E-state index is 0. The number of rotatable bonds is 4. The van der Waals surface area contributed by atoms with Gasteiger partial charge < -0.3 is 16.0 Å². The van der Waals surface area contributed by atoms with Crippen molar-refractivity contribution in [2.24, 2.45) is 11.5 Å². The second-order valence-electron chi connectivity index (χ2n) is 4.92. The van der Waals surface area contributed by atoms with Gasteiger partial charge in [-0.1, -0.05) is 23.4 Å². The number of nitrogens with one attached hydrogen (secondary N) is 2. The van der Waals surface area contributed by atoms with E-state index in [1.165, 1.54) is 6.20 Å². The van der Waals surface area contributed by atoms with Gasteiger partial charge in [-0.15, -0.1) is 24.8 Å². The third kappa shape index (κ3) is 4.34. The van der Waals surface area contributed by atoms with Crippen LogP contribution in [0.4, 0.5) is 0 Å². The number of amidine groups is 2. The van der Waals surface area contributed by atoms with Crippen molar-refractivity contribution in [2.75, 3.05) is 0 Å². The molecule has 3 rings (SSSR count). The molecule has 2 aromatic heterocycles. The molecule has 0 atom stereocenters. The predicted molar refractivity (Wildman–Crippen MR) is 102 cm³/mol. The Morgan fingerprint density at radius 1 is 0.880 bits per heavy atom. The molecule has 0 bridgehead atoms. The van der Waals surface area contributed by atoms with Crippen molar-refractivity contribution < 1.29 is 4.52 Å². The normalized spacial score (nSPS) is 9.60. The Kier molecular flexibility index (Phi) is 6.67. The molecule has 1 aromatic carbocycles. The molecule has 0 spiro atoms. The van der Waals surface area contributed by atoms with Crippen molar-refractivity contribution >= 4 is 36.5 Å². The first-order chi connectivity index (χ1) is 11.0. The lowest BCUT2D eigenvalue weighted by Gasteiger charge is -2.00. The minimum atomic E-state index is -0.0386. The topological polar surface area (TPSA) is 139 Å². The Hall–Kier alpha value is -2.90. The van der Waals surface area contributed by atoms with Crippen molar-refractivity contribution in [1.82, 2.24) is 10.1 Å². The Morgan fingerprint density at radius 2 is 1.60 bits per heavy atom. The summed E-state index contributed by atoms with van der Waals surface area (Å²) in [4.78, 5) is 4.21. The van der Waals surface area contributed by atoms with Crippen molar-refractivity contribution in [3.8, 4) is 22.7 Å². The summed E-state index contributed by atoms with van der Waals surface area (Å²) < 4.78 is 5.32. The molecule has 130 valence electrons. The fraction of sp³-hybridized carbons (Fsp3) is 0. The van der Waals surface area contributed by atoms with E-state index in [0.717, 1.165) is 5.56 Å². The summed E-state index contributed by atoms with van der Waals surface area (Å²) >= 11 is 0. The molecule has 0 radical (unpaired) electrons. The molecule has 7 nitrogen and oxygen atoms in total. The number of halogens is 2. The van der Waals surface area contributed by atoms with Gasteiger partial charge in [0.15, 0.2) is 5.76 Å². The van der Waals surface area contributed by atoms with Crippen LogP contribution in [0.15, 0.2) is 53.2 Å². The van der Waals surface area contributed by atoms with Crippen molar-refractivity contribution in [3.63, 3.8) is 0 Å². The summed E-state index contributed by atoms with van der Waals surface area (Å²) in [6.07, 6.45) is 1.51. The first kappa shape index (κ1) is 20.1. The summed E-state index contributed by atoms with van der Waals surface area (Å²) in [5.74, 6) is 0.462. The third-order valence-corrected chi connectivity index (χ3v) is 3.31. The monoisotopic (exact) mass is 378 g/mol. The highest BCUT2D eigenvalue weighted by Crippen LogP contribution is 2.25. The zero-order valence-electron chi connectivity index (χ0n) is 12.9. The number of nitrogens with two attached hydrogens (primary N) is 2. The average molecular weight is 379 g/mol. The molecule has 0 aliphatic heterocycles. The molecule has 0 amide bonds. The molecule has 0 unspecified atom stereocenters. The van der Waals surface area contributed by atoms with Gasteiger partial charge in [0.2, 0.25) is 0 Å². The van der Waals surface area contributed by atoms with Gasteiger partial charge in [0, 0.05) is 29.0 Å². The van der Waals surface area contributed by atoms with Gasteiger partial charge in [-0.05, 0) is 18.2 Å². The van der Waals surface area contributed by atoms with Gasteiger partial charge >= 0.3 is 0 Å². The van der Waals surface area contributed by atoms with Gasteiger partial charge in [0.05, 0.1) is 0 Å². The summed E-state index contributed by atoms with van der Waals surface area (Å²) in [7, 11) is 0. The van der Waals surface area contributed by atoms with Gasteiger partial charge in [-0.3, -0.25) is 15.8 Å². The Bertz CT molecular complexity index is 892. The zero-order valence-corrected chi connectivity index (χ0v) is 14.5. The number of hydrogen-bond donors (Lipinski definition) is 4. The first-order valence-electron chi connectivity index (χ1n) is 6.77. The quantitative estimate of drug-likeness (QED) is 0.408. The van der Waals surface area contributed by atoms with E-state index in [1.807, 2.05) is 6.07 Å². The molecule has 0 saturated carbocycles. The molecule has 0 fully saturated rings. The van der Waals surface area contributed by atoms with Crippen LogP contribution in [0.5, 0.6) is 0 Å². The maximum Gasteiger partial charge on any atom is 0.185 e. The van der Waals surface area contributed by atoms with E-state index in [2.05, 4.69) is 10.1 Å². The summed E-state index contributed by atoms with van der Waals surface area (Å²) in [6, 6.07) is 12.4. The van der Waals surface area contributed by atoms with Crippen LogP contribution in [0.3, 0.4) is 0 Å². The fourth-order valence-corrected chi connectivity index (χ4v) is 2.08. The Labute approximate surface area is 156 Å². The van der Waals surface area contributed by atoms with E-state index in [0.29, 0.717) is 28.3 Å². The van der Waals surface area contributed by atoms with Crippen molar-refractivity contribution in [1.29, 1.82) is 10.8 Å².